The lowest BCUT2D eigenvalue weighted by atomic mass is 9.85. The van der Waals surface area contributed by atoms with Gasteiger partial charge in [0.15, 0.2) is 0 Å². The van der Waals surface area contributed by atoms with Gasteiger partial charge in [0.2, 0.25) is 0 Å². The van der Waals surface area contributed by atoms with E-state index >= 15 is 4.39 Å². The number of hydrogen-bond donors (Lipinski definition) is 2. The Hall–Kier alpha value is -3.44. The van der Waals surface area contributed by atoms with Crippen LogP contribution >= 0.6 is 0 Å². The molecule has 0 bridgehead atoms. The molecule has 2 aliphatic rings. The second-order valence-corrected chi connectivity index (χ2v) is 8.83. The molecular formula is C26H29FN4O3. The highest BCUT2D eigenvalue weighted by Crippen LogP contribution is 2.37. The Morgan fingerprint density at radius 2 is 1.94 bits per heavy atom. The molecule has 2 aromatic rings. The van der Waals surface area contributed by atoms with Crippen molar-refractivity contribution in [3.8, 4) is 6.07 Å². The summed E-state index contributed by atoms with van der Waals surface area (Å²) < 4.78 is 20.9. The van der Waals surface area contributed by atoms with E-state index in [2.05, 4.69) is 10.6 Å². The van der Waals surface area contributed by atoms with Gasteiger partial charge in [0.1, 0.15) is 5.67 Å². The van der Waals surface area contributed by atoms with E-state index in [1.54, 1.807) is 41.3 Å². The third-order valence-electron chi connectivity index (χ3n) is 6.63. The number of piperidine rings is 1. The number of urea groups is 1. The molecule has 178 valence electrons. The van der Waals surface area contributed by atoms with Gasteiger partial charge in [-0.05, 0) is 48.2 Å². The third kappa shape index (κ3) is 5.20. The van der Waals surface area contributed by atoms with Crippen molar-refractivity contribution in [2.45, 2.75) is 44.3 Å². The molecule has 3 amide bonds. The average Bonchev–Trinajstić information content (AvgIpc) is 3.37. The molecule has 2 heterocycles. The van der Waals surface area contributed by atoms with Crippen LogP contribution in [0.4, 0.5) is 14.9 Å². The van der Waals surface area contributed by atoms with Crippen LogP contribution in [0.5, 0.6) is 0 Å². The van der Waals surface area contributed by atoms with E-state index < -0.39 is 5.67 Å². The minimum Gasteiger partial charge on any atom is -0.379 e. The molecule has 0 spiro atoms. The summed E-state index contributed by atoms with van der Waals surface area (Å²) in [6, 6.07) is 13.6. The number of ether oxygens (including phenoxy) is 1. The number of aryl methyl sites for hydroxylation is 1. The zero-order chi connectivity index (χ0) is 24.1. The van der Waals surface area contributed by atoms with Gasteiger partial charge in [0, 0.05) is 43.8 Å². The molecule has 2 aromatic carbocycles. The summed E-state index contributed by atoms with van der Waals surface area (Å²) in [6.45, 7) is 3.70. The Bertz CT molecular complexity index is 1080. The summed E-state index contributed by atoms with van der Waals surface area (Å²) in [5, 5.41) is 14.7. The highest BCUT2D eigenvalue weighted by atomic mass is 19.1. The van der Waals surface area contributed by atoms with E-state index in [0.717, 1.165) is 12.0 Å². The van der Waals surface area contributed by atoms with Crippen molar-refractivity contribution in [3.05, 3.63) is 64.7 Å². The number of likely N-dealkylation sites (tertiary alicyclic amines) is 1. The summed E-state index contributed by atoms with van der Waals surface area (Å²) in [5.41, 5.74) is 1.49. The smallest absolute Gasteiger partial charge is 0.319 e. The molecule has 4 rings (SSSR count). The SMILES string of the molecule is CCc1ccc(C(=O)N2CCC(F)(c3ccc(C#N)cc3)CC2)cc1NC(=O)NC1CCOC1. The molecule has 8 heteroatoms. The predicted molar refractivity (Wildman–Crippen MR) is 126 cm³/mol. The van der Waals surface area contributed by atoms with E-state index in [0.29, 0.717) is 42.0 Å². The fourth-order valence-electron chi connectivity index (χ4n) is 4.51. The standard InChI is InChI=1S/C26H29FN4O3/c1-2-19-5-6-20(15-23(19)30-25(33)29-22-9-14-34-17-22)24(32)31-12-10-26(27,11-13-31)21-7-3-18(16-28)4-8-21/h3-8,15,22H,2,9-14,17H2,1H3,(H2,29,30,33). The number of nitrogens with zero attached hydrogens (tertiary/aromatic N) is 2. The van der Waals surface area contributed by atoms with Crippen molar-refractivity contribution in [1.29, 1.82) is 5.26 Å². The zero-order valence-corrected chi connectivity index (χ0v) is 19.3. The molecule has 0 saturated carbocycles. The highest BCUT2D eigenvalue weighted by Gasteiger charge is 2.37. The Kier molecular flexibility index (Phi) is 7.13. The van der Waals surface area contributed by atoms with Crippen LogP contribution in [0.3, 0.4) is 0 Å². The van der Waals surface area contributed by atoms with Crippen LogP contribution in [-0.2, 0) is 16.8 Å². The van der Waals surface area contributed by atoms with Crippen molar-refractivity contribution in [2.24, 2.45) is 0 Å². The Balaban J connectivity index is 1.42. The van der Waals surface area contributed by atoms with Gasteiger partial charge in [-0.2, -0.15) is 5.26 Å². The van der Waals surface area contributed by atoms with E-state index in [-0.39, 0.29) is 43.9 Å². The van der Waals surface area contributed by atoms with Crippen molar-refractivity contribution in [3.63, 3.8) is 0 Å². The monoisotopic (exact) mass is 464 g/mol. The molecule has 0 aromatic heterocycles. The van der Waals surface area contributed by atoms with Crippen molar-refractivity contribution in [1.82, 2.24) is 10.2 Å². The highest BCUT2D eigenvalue weighted by molar-refractivity contribution is 5.97. The van der Waals surface area contributed by atoms with Crippen LogP contribution in [-0.4, -0.2) is 49.2 Å². The number of nitriles is 1. The van der Waals surface area contributed by atoms with Crippen LogP contribution in [0.2, 0.25) is 0 Å². The van der Waals surface area contributed by atoms with Crippen molar-refractivity contribution >= 4 is 17.6 Å². The number of rotatable bonds is 5. The lowest BCUT2D eigenvalue weighted by Crippen LogP contribution is -2.43. The van der Waals surface area contributed by atoms with Gasteiger partial charge >= 0.3 is 6.03 Å². The minimum atomic E-state index is -1.52. The molecular weight excluding hydrogens is 435 g/mol. The predicted octanol–water partition coefficient (Wildman–Crippen LogP) is 4.13. The Morgan fingerprint density at radius 3 is 2.56 bits per heavy atom. The fraction of sp³-hybridized carbons (Fsp3) is 0.423. The van der Waals surface area contributed by atoms with Crippen LogP contribution in [0.15, 0.2) is 42.5 Å². The number of amides is 3. The topological polar surface area (TPSA) is 94.5 Å². The van der Waals surface area contributed by atoms with Crippen LogP contribution in [0.1, 0.15) is 53.2 Å². The second kappa shape index (κ2) is 10.2. The number of carbonyl (C=O) groups is 2. The maximum atomic E-state index is 15.6. The zero-order valence-electron chi connectivity index (χ0n) is 19.3. The van der Waals surface area contributed by atoms with Crippen molar-refractivity contribution in [2.75, 3.05) is 31.6 Å². The first kappa shape index (κ1) is 23.7. The molecule has 1 atom stereocenters. The average molecular weight is 465 g/mol. The van der Waals surface area contributed by atoms with Crippen LogP contribution in [0.25, 0.3) is 0 Å². The molecule has 2 N–H and O–H groups in total. The van der Waals surface area contributed by atoms with E-state index in [9.17, 15) is 9.59 Å². The van der Waals surface area contributed by atoms with Crippen LogP contribution < -0.4 is 10.6 Å². The Labute approximate surface area is 198 Å². The first-order valence-electron chi connectivity index (χ1n) is 11.7. The number of nitrogens with one attached hydrogen (secondary N) is 2. The number of carbonyl (C=O) groups excluding carboxylic acids is 2. The van der Waals surface area contributed by atoms with Gasteiger partial charge in [-0.25, -0.2) is 9.18 Å². The quantitative estimate of drug-likeness (QED) is 0.696. The molecule has 2 saturated heterocycles. The van der Waals surface area contributed by atoms with E-state index in [1.165, 1.54) is 0 Å². The molecule has 7 nitrogen and oxygen atoms in total. The van der Waals surface area contributed by atoms with Gasteiger partial charge in [-0.15, -0.1) is 0 Å². The summed E-state index contributed by atoms with van der Waals surface area (Å²) in [4.78, 5) is 27.3. The van der Waals surface area contributed by atoms with E-state index in [1.807, 2.05) is 19.1 Å². The molecule has 1 unspecified atom stereocenters. The van der Waals surface area contributed by atoms with Crippen molar-refractivity contribution < 1.29 is 18.7 Å². The van der Waals surface area contributed by atoms with Gasteiger partial charge in [0.05, 0.1) is 24.3 Å². The number of hydrogen-bond acceptors (Lipinski definition) is 4. The lowest BCUT2D eigenvalue weighted by molar-refractivity contribution is 0.0421. The third-order valence-corrected chi connectivity index (χ3v) is 6.63. The summed E-state index contributed by atoms with van der Waals surface area (Å²) in [6.07, 6.45) is 1.86. The summed E-state index contributed by atoms with van der Waals surface area (Å²) in [7, 11) is 0. The molecule has 0 radical (unpaired) electrons. The largest absolute Gasteiger partial charge is 0.379 e. The minimum absolute atomic E-state index is 0.0136. The van der Waals surface area contributed by atoms with Gasteiger partial charge < -0.3 is 20.3 Å². The maximum absolute atomic E-state index is 15.6. The first-order chi connectivity index (χ1) is 16.4. The summed E-state index contributed by atoms with van der Waals surface area (Å²) >= 11 is 0. The van der Waals surface area contributed by atoms with Gasteiger partial charge in [-0.3, -0.25) is 4.79 Å². The number of halogens is 1. The molecule has 0 aliphatic carbocycles. The number of benzene rings is 2. The number of anilines is 1. The summed E-state index contributed by atoms with van der Waals surface area (Å²) in [5.74, 6) is -0.183. The van der Waals surface area contributed by atoms with Gasteiger partial charge in [0.25, 0.3) is 5.91 Å². The lowest BCUT2D eigenvalue weighted by Gasteiger charge is -2.37. The molecule has 2 aliphatic heterocycles. The maximum Gasteiger partial charge on any atom is 0.319 e. The second-order valence-electron chi connectivity index (χ2n) is 8.83. The molecule has 34 heavy (non-hydrogen) atoms. The first-order valence-corrected chi connectivity index (χ1v) is 11.7. The fourth-order valence-corrected chi connectivity index (χ4v) is 4.51. The Morgan fingerprint density at radius 1 is 1.21 bits per heavy atom. The van der Waals surface area contributed by atoms with Gasteiger partial charge in [-0.1, -0.05) is 25.1 Å². The molecule has 2 fully saturated rings. The van der Waals surface area contributed by atoms with Crippen LogP contribution in [0, 0.1) is 11.3 Å². The van der Waals surface area contributed by atoms with E-state index in [4.69, 9.17) is 10.00 Å². The number of alkyl halides is 1. The normalized spacial score (nSPS) is 19.3.